The zero-order valence-corrected chi connectivity index (χ0v) is 15.1. The zero-order chi connectivity index (χ0) is 16.9. The first-order valence-electron chi connectivity index (χ1n) is 9.55. The van der Waals surface area contributed by atoms with Crippen molar-refractivity contribution in [3.63, 3.8) is 0 Å². The molecule has 0 aromatic heterocycles. The summed E-state index contributed by atoms with van der Waals surface area (Å²) in [6, 6.07) is 19.1. The van der Waals surface area contributed by atoms with E-state index in [9.17, 15) is 0 Å². The fourth-order valence-corrected chi connectivity index (χ4v) is 2.90. The Morgan fingerprint density at radius 3 is 1.92 bits per heavy atom. The lowest BCUT2D eigenvalue weighted by Gasteiger charge is -2.02. The molecule has 0 bridgehead atoms. The highest BCUT2D eigenvalue weighted by Gasteiger charge is 1.96. The van der Waals surface area contributed by atoms with Crippen molar-refractivity contribution in [2.24, 2.45) is 4.99 Å². The monoisotopic (exact) mass is 321 g/mol. The highest BCUT2D eigenvalue weighted by molar-refractivity contribution is 5.81. The molecule has 0 atom stereocenters. The van der Waals surface area contributed by atoms with E-state index < -0.39 is 0 Å². The molecule has 0 amide bonds. The lowest BCUT2D eigenvalue weighted by atomic mass is 10.0. The van der Waals surface area contributed by atoms with Crippen molar-refractivity contribution in [2.75, 3.05) is 6.54 Å². The van der Waals surface area contributed by atoms with E-state index >= 15 is 0 Å². The minimum Gasteiger partial charge on any atom is -0.293 e. The molecule has 0 N–H and O–H groups in total. The van der Waals surface area contributed by atoms with E-state index in [1.807, 2.05) is 6.21 Å². The van der Waals surface area contributed by atoms with Gasteiger partial charge in [0.2, 0.25) is 0 Å². The van der Waals surface area contributed by atoms with Gasteiger partial charge in [0.05, 0.1) is 0 Å². The lowest BCUT2D eigenvalue weighted by molar-refractivity contribution is 0.578. The molecule has 0 aliphatic rings. The molecule has 128 valence electrons. The highest BCUT2D eigenvalue weighted by Crippen LogP contribution is 2.18. The molecule has 0 fully saturated rings. The Morgan fingerprint density at radius 2 is 1.25 bits per heavy atom. The van der Waals surface area contributed by atoms with Crippen molar-refractivity contribution in [3.8, 4) is 11.1 Å². The van der Waals surface area contributed by atoms with Gasteiger partial charge in [0.15, 0.2) is 0 Å². The van der Waals surface area contributed by atoms with Crippen LogP contribution in [0.1, 0.15) is 63.9 Å². The van der Waals surface area contributed by atoms with E-state index in [0.717, 1.165) is 6.54 Å². The van der Waals surface area contributed by atoms with Crippen molar-refractivity contribution in [3.05, 3.63) is 60.2 Å². The molecule has 1 heteroatoms. The summed E-state index contributed by atoms with van der Waals surface area (Å²) >= 11 is 0. The SMILES string of the molecule is CCCCCCCCCCN=Cc1ccc(-c2ccccc2)cc1. The number of rotatable bonds is 11. The van der Waals surface area contributed by atoms with Crippen LogP contribution in [-0.2, 0) is 0 Å². The molecule has 0 aliphatic carbocycles. The number of hydrogen-bond donors (Lipinski definition) is 0. The van der Waals surface area contributed by atoms with E-state index in [0.29, 0.717) is 0 Å². The highest BCUT2D eigenvalue weighted by atomic mass is 14.7. The van der Waals surface area contributed by atoms with E-state index in [-0.39, 0.29) is 0 Å². The smallest absolute Gasteiger partial charge is 0.0389 e. The van der Waals surface area contributed by atoms with Crippen LogP contribution in [0.5, 0.6) is 0 Å². The number of unbranched alkanes of at least 4 members (excludes halogenated alkanes) is 7. The van der Waals surface area contributed by atoms with Gasteiger partial charge in [0.1, 0.15) is 0 Å². The molecule has 0 heterocycles. The first-order chi connectivity index (χ1) is 11.9. The first kappa shape index (κ1) is 18.4. The van der Waals surface area contributed by atoms with Crippen LogP contribution in [0, 0.1) is 0 Å². The van der Waals surface area contributed by atoms with E-state index in [1.165, 1.54) is 68.1 Å². The van der Waals surface area contributed by atoms with Crippen LogP contribution in [0.3, 0.4) is 0 Å². The summed E-state index contributed by atoms with van der Waals surface area (Å²) in [5.74, 6) is 0. The Morgan fingerprint density at radius 1 is 0.667 bits per heavy atom. The summed E-state index contributed by atoms with van der Waals surface area (Å²) in [6.45, 7) is 3.22. The molecule has 24 heavy (non-hydrogen) atoms. The van der Waals surface area contributed by atoms with Crippen LogP contribution >= 0.6 is 0 Å². The number of benzene rings is 2. The molecule has 0 saturated heterocycles. The molecule has 1 nitrogen and oxygen atoms in total. The predicted octanol–water partition coefficient (Wildman–Crippen LogP) is 6.91. The average molecular weight is 322 g/mol. The Balaban J connectivity index is 1.62. The van der Waals surface area contributed by atoms with Crippen LogP contribution in [0.4, 0.5) is 0 Å². The van der Waals surface area contributed by atoms with Crippen molar-refractivity contribution in [1.82, 2.24) is 0 Å². The van der Waals surface area contributed by atoms with Gasteiger partial charge in [0, 0.05) is 12.8 Å². The molecule has 0 spiro atoms. The summed E-state index contributed by atoms with van der Waals surface area (Å²) < 4.78 is 0. The van der Waals surface area contributed by atoms with Crippen molar-refractivity contribution >= 4 is 6.21 Å². The number of aliphatic imine (C=N–C) groups is 1. The van der Waals surface area contributed by atoms with Gasteiger partial charge in [-0.25, -0.2) is 0 Å². The maximum Gasteiger partial charge on any atom is 0.0389 e. The summed E-state index contributed by atoms with van der Waals surface area (Å²) in [4.78, 5) is 4.57. The molecular formula is C23H31N. The van der Waals surface area contributed by atoms with Gasteiger partial charge in [-0.05, 0) is 23.1 Å². The third kappa shape index (κ3) is 7.12. The lowest BCUT2D eigenvalue weighted by Crippen LogP contribution is -1.87. The quantitative estimate of drug-likeness (QED) is 0.315. The van der Waals surface area contributed by atoms with Gasteiger partial charge < -0.3 is 0 Å². The topological polar surface area (TPSA) is 12.4 Å². The summed E-state index contributed by atoms with van der Waals surface area (Å²) in [7, 11) is 0. The van der Waals surface area contributed by atoms with Gasteiger partial charge >= 0.3 is 0 Å². The van der Waals surface area contributed by atoms with E-state index in [4.69, 9.17) is 0 Å². The predicted molar refractivity (Wildman–Crippen MR) is 107 cm³/mol. The Bertz CT molecular complexity index is 569. The second-order valence-electron chi connectivity index (χ2n) is 6.50. The molecule has 0 unspecified atom stereocenters. The van der Waals surface area contributed by atoms with Gasteiger partial charge in [-0.15, -0.1) is 0 Å². The van der Waals surface area contributed by atoms with Crippen LogP contribution < -0.4 is 0 Å². The van der Waals surface area contributed by atoms with Crippen molar-refractivity contribution < 1.29 is 0 Å². The fraction of sp³-hybridized carbons (Fsp3) is 0.435. The van der Waals surface area contributed by atoms with Crippen LogP contribution in [0.15, 0.2) is 59.6 Å². The Hall–Kier alpha value is -1.89. The van der Waals surface area contributed by atoms with Crippen molar-refractivity contribution in [1.29, 1.82) is 0 Å². The summed E-state index contributed by atoms with van der Waals surface area (Å²) in [5, 5.41) is 0. The Kier molecular flexibility index (Phi) is 8.93. The first-order valence-corrected chi connectivity index (χ1v) is 9.55. The molecule has 2 aromatic rings. The number of hydrogen-bond acceptors (Lipinski definition) is 1. The van der Waals surface area contributed by atoms with Gasteiger partial charge in [0.25, 0.3) is 0 Å². The van der Waals surface area contributed by atoms with Gasteiger partial charge in [-0.3, -0.25) is 4.99 Å². The maximum atomic E-state index is 4.57. The normalized spacial score (nSPS) is 11.2. The van der Waals surface area contributed by atoms with Crippen LogP contribution in [0.25, 0.3) is 11.1 Å². The van der Waals surface area contributed by atoms with Crippen LogP contribution in [0.2, 0.25) is 0 Å². The molecule has 0 radical (unpaired) electrons. The largest absolute Gasteiger partial charge is 0.293 e. The average Bonchev–Trinajstić information content (AvgIpc) is 2.64. The second kappa shape index (κ2) is 11.6. The molecule has 2 aromatic carbocycles. The van der Waals surface area contributed by atoms with Crippen molar-refractivity contribution in [2.45, 2.75) is 58.3 Å². The summed E-state index contributed by atoms with van der Waals surface area (Å²) in [6.07, 6.45) is 12.8. The van der Waals surface area contributed by atoms with E-state index in [1.54, 1.807) is 0 Å². The summed E-state index contributed by atoms with van der Waals surface area (Å²) in [5.41, 5.74) is 3.71. The third-order valence-electron chi connectivity index (χ3n) is 4.40. The standard InChI is InChI=1S/C23H31N/c1-2-3-4-5-6-7-8-12-19-24-20-21-15-17-23(18-16-21)22-13-10-9-11-14-22/h9-11,13-18,20H,2-8,12,19H2,1H3. The molecule has 2 rings (SSSR count). The molecule has 0 aliphatic heterocycles. The fourth-order valence-electron chi connectivity index (χ4n) is 2.90. The minimum atomic E-state index is 0.954. The third-order valence-corrected chi connectivity index (χ3v) is 4.40. The minimum absolute atomic E-state index is 0.954. The van der Waals surface area contributed by atoms with E-state index in [2.05, 4.69) is 66.5 Å². The zero-order valence-electron chi connectivity index (χ0n) is 15.1. The Labute approximate surface area is 147 Å². The van der Waals surface area contributed by atoms with Gasteiger partial charge in [-0.1, -0.05) is 106 Å². The number of nitrogens with zero attached hydrogens (tertiary/aromatic N) is 1. The second-order valence-corrected chi connectivity index (χ2v) is 6.50. The van der Waals surface area contributed by atoms with Crippen LogP contribution in [-0.4, -0.2) is 12.8 Å². The molecular weight excluding hydrogens is 290 g/mol. The van der Waals surface area contributed by atoms with Gasteiger partial charge in [-0.2, -0.15) is 0 Å². The molecule has 0 saturated carbocycles. The maximum absolute atomic E-state index is 4.57.